The maximum absolute atomic E-state index is 13.4. The fourth-order valence-electron chi connectivity index (χ4n) is 11.1. The van der Waals surface area contributed by atoms with Crippen LogP contribution >= 0.6 is 0 Å². The second-order valence-electron chi connectivity index (χ2n) is 26.1. The lowest BCUT2D eigenvalue weighted by molar-refractivity contribution is -0.141. The van der Waals surface area contributed by atoms with Gasteiger partial charge in [-0.3, -0.25) is 14.4 Å². The van der Waals surface area contributed by atoms with Gasteiger partial charge in [0.1, 0.15) is 68.6 Å². The first-order valence-corrected chi connectivity index (χ1v) is 35.1. The number of rotatable bonds is 20. The van der Waals surface area contributed by atoms with Crippen LogP contribution in [0.4, 0.5) is 91.5 Å². The molecule has 9 N–H and O–H groups in total. The maximum Gasteiger partial charge on any atom is 0.433 e. The van der Waals surface area contributed by atoms with Crippen molar-refractivity contribution in [1.82, 2.24) is 88.9 Å². The molecule has 3 saturated carbocycles. The lowest BCUT2D eigenvalue weighted by Crippen LogP contribution is -2.14. The molecule has 0 unspecified atom stereocenters. The van der Waals surface area contributed by atoms with Gasteiger partial charge in [-0.25, -0.2) is 74.8 Å². The number of nitrogens with one attached hydrogen (secondary N) is 6. The van der Waals surface area contributed by atoms with Crippen molar-refractivity contribution >= 4 is 103 Å². The van der Waals surface area contributed by atoms with E-state index in [-0.39, 0.29) is 93.0 Å². The molecule has 12 heterocycles. The van der Waals surface area contributed by atoms with E-state index in [2.05, 4.69) is 106 Å². The second kappa shape index (κ2) is 32.9. The number of carboxylic acids is 1. The van der Waals surface area contributed by atoms with Crippen molar-refractivity contribution in [3.63, 3.8) is 0 Å². The fraction of sp³-hybridized carbons (Fsp3) is 0.211. The number of aromatic amines is 1. The molecule has 0 spiro atoms. The first kappa shape index (κ1) is 77.3. The zero-order valence-electron chi connectivity index (χ0n) is 60.2. The monoisotopic (exact) mass is 1580 g/mol. The van der Waals surface area contributed by atoms with E-state index in [9.17, 15) is 53.9 Å². The molecule has 14 aromatic rings. The van der Waals surface area contributed by atoms with Gasteiger partial charge in [0.05, 0.1) is 52.2 Å². The number of nitrogen functional groups attached to an aromatic ring is 1. The molecule has 3 aliphatic rings. The number of pyridine rings is 6. The molecular weight excluding hydrogens is 1520 g/mol. The topological polar surface area (TPSA) is 395 Å². The molecule has 0 aliphatic heterocycles. The zero-order chi connectivity index (χ0) is 80.7. The van der Waals surface area contributed by atoms with Crippen LogP contribution in [0.5, 0.6) is 11.5 Å². The third-order valence-electron chi connectivity index (χ3n) is 17.5. The van der Waals surface area contributed by atoms with Gasteiger partial charge < -0.3 is 61.0 Å². The Kier molecular flexibility index (Phi) is 22.1. The summed E-state index contributed by atoms with van der Waals surface area (Å²) in [6, 6.07) is 35.5. The smallest absolute Gasteiger partial charge is 0.433 e. The molecule has 17 rings (SSSR count). The maximum atomic E-state index is 13.4. The lowest BCUT2D eigenvalue weighted by Gasteiger charge is -2.12. The summed E-state index contributed by atoms with van der Waals surface area (Å²) in [5.41, 5.74) is 8.45. The Balaban J connectivity index is 0.000000138. The van der Waals surface area contributed by atoms with Crippen molar-refractivity contribution in [1.29, 1.82) is 0 Å². The minimum absolute atomic E-state index is 0.00657. The number of carbonyl (C=O) groups excluding carboxylic acids is 2. The summed E-state index contributed by atoms with van der Waals surface area (Å²) in [7, 11) is 3.17. The predicted octanol–water partition coefficient (Wildman–Crippen LogP) is 14.5. The Morgan fingerprint density at radius 2 is 0.861 bits per heavy atom. The summed E-state index contributed by atoms with van der Waals surface area (Å²) in [5.74, 6) is 2.51. The van der Waals surface area contributed by atoms with Crippen LogP contribution in [0, 0.1) is 17.8 Å². The number of alkyl halides is 9. The number of ether oxygens (including phenoxy) is 2. The number of anilines is 9. The highest BCUT2D eigenvalue weighted by molar-refractivity contribution is 5.95. The van der Waals surface area contributed by atoms with Gasteiger partial charge in [0.25, 0.3) is 0 Å². The number of H-pyrrole nitrogens is 1. The van der Waals surface area contributed by atoms with Gasteiger partial charge in [0.2, 0.25) is 11.8 Å². The van der Waals surface area contributed by atoms with Gasteiger partial charge in [0.15, 0.2) is 62.9 Å². The molecule has 0 radical (unpaired) electrons. The Hall–Kier alpha value is -14.4. The largest absolute Gasteiger partial charge is 0.497 e. The van der Waals surface area contributed by atoms with Crippen molar-refractivity contribution in [2.24, 2.45) is 17.8 Å². The van der Waals surface area contributed by atoms with Gasteiger partial charge in [-0.05, 0) is 129 Å². The number of halogens is 9. The molecule has 3 fully saturated rings. The van der Waals surface area contributed by atoms with Crippen molar-refractivity contribution in [3.8, 4) is 46.1 Å². The molecule has 2 aromatic carbocycles. The van der Waals surface area contributed by atoms with Crippen LogP contribution in [0.2, 0.25) is 0 Å². The Morgan fingerprint density at radius 1 is 0.470 bits per heavy atom. The predicted molar refractivity (Wildman–Crippen MR) is 401 cm³/mol. The number of methoxy groups -OCH3 is 2. The van der Waals surface area contributed by atoms with Gasteiger partial charge >= 0.3 is 24.5 Å². The van der Waals surface area contributed by atoms with E-state index in [1.807, 2.05) is 48.5 Å². The van der Waals surface area contributed by atoms with Gasteiger partial charge in [0, 0.05) is 65.7 Å². The van der Waals surface area contributed by atoms with Gasteiger partial charge in [-0.15, -0.1) is 0 Å². The molecular formula is C76H63F9N24O6. The summed E-state index contributed by atoms with van der Waals surface area (Å²) in [5, 5.41) is 23.0. The minimum atomic E-state index is -4.63. The number of carbonyl (C=O) groups is 3. The number of aliphatic carboxylic acids is 1. The van der Waals surface area contributed by atoms with E-state index in [0.717, 1.165) is 73.6 Å². The summed E-state index contributed by atoms with van der Waals surface area (Å²) >= 11 is 0. The quantitative estimate of drug-likeness (QED) is 0.0329. The lowest BCUT2D eigenvalue weighted by atomic mass is 10.2. The van der Waals surface area contributed by atoms with Crippen LogP contribution in [-0.2, 0) is 46.0 Å². The normalized spacial score (nSPS) is 13.3. The van der Waals surface area contributed by atoms with E-state index < -0.39 is 41.6 Å². The number of carboxylic acid groups (broad SMARTS) is 1. The number of aromatic nitrogens is 18. The highest BCUT2D eigenvalue weighted by Crippen LogP contribution is 2.38. The van der Waals surface area contributed by atoms with Crippen molar-refractivity contribution in [3.05, 3.63) is 205 Å². The zero-order valence-corrected chi connectivity index (χ0v) is 60.2. The average Bonchev–Trinajstić information content (AvgIpc) is 1.61. The fourth-order valence-corrected chi connectivity index (χ4v) is 11.1. The average molecular weight is 1580 g/mol. The summed E-state index contributed by atoms with van der Waals surface area (Å²) in [6.45, 7) is 0.799. The number of hydrogen-bond donors (Lipinski definition) is 8. The highest BCUT2D eigenvalue weighted by atomic mass is 19.4. The second-order valence-corrected chi connectivity index (χ2v) is 26.1. The number of hydrogen-bond acceptors (Lipinski definition) is 24. The summed E-state index contributed by atoms with van der Waals surface area (Å²) in [4.78, 5) is 100. The van der Waals surface area contributed by atoms with Crippen LogP contribution in [0.25, 0.3) is 68.0 Å². The van der Waals surface area contributed by atoms with Crippen LogP contribution < -0.4 is 41.8 Å². The molecule has 30 nitrogen and oxygen atoms in total. The standard InChI is InChI=1S/C28H23F3N8O2.C24H19F3N8O.C20H15F3N8O.C4H6O2/c1-41-19-9-5-16(6-10-19)14-39-15-33-23-25(34-18-11-12-32-22(13-18)36-27(40)17-7-8-17)37-24(38-26(23)39)20-3-2-4-21(35-20)28(29,30)31;1-36-16-7-5-14(6-8-16)12-35-13-30-20-22(31-15-9-10-29-19(28)11-15)33-21(34-23(20)35)17-3-2-4-18(32-17)24(25,26)27;21-20(22,23)13-3-1-2-12(28-13)16-30-17-15(25-9-26-17)18(31-16)27-11-6-7-24-14(8-11)29-19(32)10-4-5-10;5-4(6)3-1-2-3/h2-6,9-13,15,17H,7-8,14H2,1H3,(H2,32,34,36,37,38,40);2-11,13H,12H2,1H3,(H3,28,29,31,33,34);1-3,6-10H,4-5H2,(H3,24,25,26,27,29,30,31,32);3H,1-2H2,(H,5,6). The molecule has 586 valence electrons. The molecule has 115 heavy (non-hydrogen) atoms. The van der Waals surface area contributed by atoms with Gasteiger partial charge in [-0.1, -0.05) is 42.5 Å². The Labute approximate surface area is 643 Å². The third kappa shape index (κ3) is 19.5. The van der Waals surface area contributed by atoms with E-state index in [0.29, 0.717) is 75.4 Å². The Morgan fingerprint density at radius 3 is 1.24 bits per heavy atom. The number of nitrogens with two attached hydrogens (primary N) is 1. The van der Waals surface area contributed by atoms with Crippen LogP contribution in [0.15, 0.2) is 177 Å². The van der Waals surface area contributed by atoms with Crippen LogP contribution in [-0.4, -0.2) is 126 Å². The number of amides is 2. The van der Waals surface area contributed by atoms with Crippen LogP contribution in [0.1, 0.15) is 66.7 Å². The number of nitrogens with zero attached hydrogens (tertiary/aromatic N) is 17. The summed E-state index contributed by atoms with van der Waals surface area (Å²) in [6.07, 6.45) is 0.580. The van der Waals surface area contributed by atoms with Crippen molar-refractivity contribution in [2.45, 2.75) is 70.1 Å². The number of fused-ring (bicyclic) bond motifs is 3. The third-order valence-corrected chi connectivity index (χ3v) is 17.5. The van der Waals surface area contributed by atoms with E-state index in [4.69, 9.17) is 20.3 Å². The highest BCUT2D eigenvalue weighted by Gasteiger charge is 2.36. The van der Waals surface area contributed by atoms with E-state index in [1.54, 1.807) is 72.4 Å². The van der Waals surface area contributed by atoms with Crippen LogP contribution in [0.3, 0.4) is 0 Å². The minimum Gasteiger partial charge on any atom is -0.497 e. The van der Waals surface area contributed by atoms with E-state index >= 15 is 0 Å². The molecule has 12 aromatic heterocycles. The molecule has 3 aliphatic carbocycles. The molecule has 0 atom stereocenters. The molecule has 0 bridgehead atoms. The van der Waals surface area contributed by atoms with Crippen molar-refractivity contribution < 1.29 is 68.5 Å². The van der Waals surface area contributed by atoms with Crippen molar-refractivity contribution in [2.75, 3.05) is 46.5 Å². The summed E-state index contributed by atoms with van der Waals surface area (Å²) < 4.78 is 133. The van der Waals surface area contributed by atoms with E-state index in [1.165, 1.54) is 61.3 Å². The number of imidazole rings is 3. The first-order chi connectivity index (χ1) is 55.2. The first-order valence-electron chi connectivity index (χ1n) is 35.1. The molecule has 0 saturated heterocycles. The van der Waals surface area contributed by atoms with Gasteiger partial charge in [-0.2, -0.15) is 39.5 Å². The number of benzene rings is 2. The Bertz CT molecular complexity index is 5900. The SMILES string of the molecule is COc1ccc(Cn2cnc3c(Nc4ccnc(N)c4)nc(-c4cccc(C(F)(F)F)n4)nc32)cc1.COc1ccc(Cn2cnc3c(Nc4ccnc(NC(=O)C5CC5)c4)nc(-c4cccc(C(F)(F)F)n4)nc32)cc1.O=C(Nc1cc(Nc2nc(-c3cccc(C(F)(F)F)n3)nc3nc[nH]c23)ccn1)C1CC1.O=C(O)C1CC1. The molecule has 39 heteroatoms. The molecule has 2 amide bonds.